The summed E-state index contributed by atoms with van der Waals surface area (Å²) >= 11 is 0. The van der Waals surface area contributed by atoms with Crippen LogP contribution in [0, 0.1) is 17.0 Å². The summed E-state index contributed by atoms with van der Waals surface area (Å²) in [5, 5.41) is 14.7. The number of benzene rings is 2. The van der Waals surface area contributed by atoms with Gasteiger partial charge in [0.15, 0.2) is 12.4 Å². The highest BCUT2D eigenvalue weighted by atomic mass is 19.4. The van der Waals surface area contributed by atoms with Gasteiger partial charge in [-0.3, -0.25) is 10.1 Å². The van der Waals surface area contributed by atoms with E-state index < -0.39 is 16.7 Å². The van der Waals surface area contributed by atoms with Gasteiger partial charge in [-0.15, -0.1) is 0 Å². The minimum absolute atomic E-state index is 0.0284. The van der Waals surface area contributed by atoms with Crippen LogP contribution in [0.2, 0.25) is 0 Å². The molecule has 0 saturated carbocycles. The van der Waals surface area contributed by atoms with E-state index in [1.165, 1.54) is 24.3 Å². The Morgan fingerprint density at radius 1 is 1.19 bits per heavy atom. The zero-order chi connectivity index (χ0) is 19.6. The topological polar surface area (TPSA) is 91.3 Å². The highest BCUT2D eigenvalue weighted by Gasteiger charge is 2.30. The summed E-state index contributed by atoms with van der Waals surface area (Å²) in [6, 6.07) is 8.70. The predicted octanol–water partition coefficient (Wildman–Crippen LogP) is 4.55. The van der Waals surface area contributed by atoms with Crippen molar-refractivity contribution in [1.29, 1.82) is 0 Å². The second-order valence-corrected chi connectivity index (χ2v) is 5.60. The number of nitro groups is 1. The Balaban J connectivity index is 1.74. The second kappa shape index (κ2) is 7.06. The Labute approximate surface area is 150 Å². The number of halogens is 3. The van der Waals surface area contributed by atoms with Crippen molar-refractivity contribution in [3.05, 3.63) is 69.6 Å². The van der Waals surface area contributed by atoms with Gasteiger partial charge in [0, 0.05) is 11.6 Å². The van der Waals surface area contributed by atoms with Crippen LogP contribution in [-0.2, 0) is 12.8 Å². The van der Waals surface area contributed by atoms with E-state index in [-0.39, 0.29) is 29.8 Å². The lowest BCUT2D eigenvalue weighted by Crippen LogP contribution is -2.04. The molecule has 140 valence electrons. The molecule has 0 atom stereocenters. The molecule has 0 aliphatic heterocycles. The molecule has 0 spiro atoms. The molecule has 7 nitrogen and oxygen atoms in total. The third-order valence-electron chi connectivity index (χ3n) is 3.60. The van der Waals surface area contributed by atoms with Crippen LogP contribution in [0.25, 0.3) is 11.4 Å². The molecule has 3 rings (SSSR count). The molecule has 0 aliphatic carbocycles. The standard InChI is InChI=1S/C17H12F3N3O4/c1-10-2-7-13(23(24)25)14(8-10)26-9-15-21-16(22-27-15)11-3-5-12(6-4-11)17(18,19)20/h2-8H,9H2,1H3. The summed E-state index contributed by atoms with van der Waals surface area (Å²) in [5.74, 6) is 0.163. The molecule has 1 heterocycles. The first-order valence-corrected chi connectivity index (χ1v) is 7.62. The fourth-order valence-electron chi connectivity index (χ4n) is 2.27. The van der Waals surface area contributed by atoms with E-state index in [0.29, 0.717) is 5.56 Å². The third-order valence-corrected chi connectivity index (χ3v) is 3.60. The van der Waals surface area contributed by atoms with Crippen LogP contribution in [0.15, 0.2) is 47.0 Å². The SMILES string of the molecule is Cc1ccc([N+](=O)[O-])c(OCc2nc(-c3ccc(C(F)(F)F)cc3)no2)c1. The lowest BCUT2D eigenvalue weighted by atomic mass is 10.1. The molecule has 0 amide bonds. The number of aromatic nitrogens is 2. The van der Waals surface area contributed by atoms with Crippen molar-refractivity contribution in [2.75, 3.05) is 0 Å². The summed E-state index contributed by atoms with van der Waals surface area (Å²) in [7, 11) is 0. The first kappa shape index (κ1) is 18.4. The minimum Gasteiger partial charge on any atom is -0.477 e. The molecule has 3 aromatic rings. The van der Waals surface area contributed by atoms with Gasteiger partial charge in [-0.05, 0) is 30.7 Å². The Morgan fingerprint density at radius 2 is 1.89 bits per heavy atom. The molecule has 0 aliphatic rings. The van der Waals surface area contributed by atoms with Gasteiger partial charge in [0.05, 0.1) is 10.5 Å². The van der Waals surface area contributed by atoms with E-state index in [1.807, 2.05) is 0 Å². The van der Waals surface area contributed by atoms with Gasteiger partial charge in [0.25, 0.3) is 5.89 Å². The largest absolute Gasteiger partial charge is 0.477 e. The number of alkyl halides is 3. The maximum absolute atomic E-state index is 12.6. The van der Waals surface area contributed by atoms with E-state index in [2.05, 4.69) is 10.1 Å². The van der Waals surface area contributed by atoms with Gasteiger partial charge in [-0.2, -0.15) is 18.2 Å². The van der Waals surface area contributed by atoms with Crippen molar-refractivity contribution in [3.63, 3.8) is 0 Å². The van der Waals surface area contributed by atoms with Crippen molar-refractivity contribution >= 4 is 5.69 Å². The predicted molar refractivity (Wildman–Crippen MR) is 86.9 cm³/mol. The molecule has 2 aromatic carbocycles. The highest BCUT2D eigenvalue weighted by Crippen LogP contribution is 2.31. The minimum atomic E-state index is -4.43. The van der Waals surface area contributed by atoms with E-state index in [1.54, 1.807) is 13.0 Å². The molecule has 0 N–H and O–H groups in total. The van der Waals surface area contributed by atoms with Crippen LogP contribution < -0.4 is 4.74 Å². The van der Waals surface area contributed by atoms with E-state index in [9.17, 15) is 23.3 Å². The molecule has 0 unspecified atom stereocenters. The second-order valence-electron chi connectivity index (χ2n) is 5.60. The molecule has 0 radical (unpaired) electrons. The quantitative estimate of drug-likeness (QED) is 0.477. The summed E-state index contributed by atoms with van der Waals surface area (Å²) in [6.07, 6.45) is -4.43. The molecule has 10 heteroatoms. The van der Waals surface area contributed by atoms with E-state index >= 15 is 0 Å². The molecule has 0 saturated heterocycles. The third kappa shape index (κ3) is 4.22. The zero-order valence-electron chi connectivity index (χ0n) is 13.9. The zero-order valence-corrected chi connectivity index (χ0v) is 13.9. The van der Waals surface area contributed by atoms with Crippen molar-refractivity contribution in [2.45, 2.75) is 19.7 Å². The van der Waals surface area contributed by atoms with Gasteiger partial charge in [-0.1, -0.05) is 23.4 Å². The molecule has 0 bridgehead atoms. The van der Waals surface area contributed by atoms with Gasteiger partial charge in [0.2, 0.25) is 5.82 Å². The Kier molecular flexibility index (Phi) is 4.80. The fourth-order valence-corrected chi connectivity index (χ4v) is 2.27. The van der Waals surface area contributed by atoms with Gasteiger partial charge in [0.1, 0.15) is 0 Å². The number of hydrogen-bond acceptors (Lipinski definition) is 6. The van der Waals surface area contributed by atoms with Crippen molar-refractivity contribution in [1.82, 2.24) is 10.1 Å². The van der Waals surface area contributed by atoms with E-state index in [4.69, 9.17) is 9.26 Å². The first-order valence-electron chi connectivity index (χ1n) is 7.62. The molecule has 27 heavy (non-hydrogen) atoms. The average molecular weight is 379 g/mol. The average Bonchev–Trinajstić information content (AvgIpc) is 3.08. The highest BCUT2D eigenvalue weighted by molar-refractivity contribution is 5.55. The van der Waals surface area contributed by atoms with Crippen molar-refractivity contribution < 1.29 is 27.4 Å². The number of nitrogens with zero attached hydrogens (tertiary/aromatic N) is 3. The molecular weight excluding hydrogens is 367 g/mol. The van der Waals surface area contributed by atoms with Crippen LogP contribution in [0.1, 0.15) is 17.0 Å². The van der Waals surface area contributed by atoms with Crippen LogP contribution in [0.5, 0.6) is 5.75 Å². The number of aryl methyl sites for hydroxylation is 1. The first-order chi connectivity index (χ1) is 12.7. The summed E-state index contributed by atoms with van der Waals surface area (Å²) < 4.78 is 48.2. The molecule has 1 aromatic heterocycles. The number of hydrogen-bond donors (Lipinski definition) is 0. The summed E-state index contributed by atoms with van der Waals surface area (Å²) in [4.78, 5) is 14.5. The Bertz CT molecular complexity index is 968. The number of rotatable bonds is 5. The lowest BCUT2D eigenvalue weighted by molar-refractivity contribution is -0.386. The number of ether oxygens (including phenoxy) is 1. The van der Waals surface area contributed by atoms with Crippen LogP contribution >= 0.6 is 0 Å². The summed E-state index contributed by atoms with van der Waals surface area (Å²) in [5.41, 5.74) is 0.110. The smallest absolute Gasteiger partial charge is 0.416 e. The summed E-state index contributed by atoms with van der Waals surface area (Å²) in [6.45, 7) is 1.53. The van der Waals surface area contributed by atoms with Gasteiger partial charge in [-0.25, -0.2) is 0 Å². The Hall–Kier alpha value is -3.43. The maximum Gasteiger partial charge on any atom is 0.416 e. The van der Waals surface area contributed by atoms with Crippen LogP contribution in [0.3, 0.4) is 0 Å². The normalized spacial score (nSPS) is 11.4. The van der Waals surface area contributed by atoms with Gasteiger partial charge >= 0.3 is 11.9 Å². The fraction of sp³-hybridized carbons (Fsp3) is 0.176. The van der Waals surface area contributed by atoms with Crippen molar-refractivity contribution in [2.24, 2.45) is 0 Å². The van der Waals surface area contributed by atoms with Crippen molar-refractivity contribution in [3.8, 4) is 17.1 Å². The molecule has 0 fully saturated rings. The monoisotopic (exact) mass is 379 g/mol. The van der Waals surface area contributed by atoms with Gasteiger partial charge < -0.3 is 9.26 Å². The van der Waals surface area contributed by atoms with E-state index in [0.717, 1.165) is 17.7 Å². The Morgan fingerprint density at radius 3 is 2.52 bits per heavy atom. The lowest BCUT2D eigenvalue weighted by Gasteiger charge is -2.06. The maximum atomic E-state index is 12.6. The van der Waals surface area contributed by atoms with Crippen LogP contribution in [0.4, 0.5) is 18.9 Å². The number of nitro benzene ring substituents is 1. The van der Waals surface area contributed by atoms with Crippen LogP contribution in [-0.4, -0.2) is 15.1 Å². The molecular formula is C17H12F3N3O4.